The summed E-state index contributed by atoms with van der Waals surface area (Å²) in [6.07, 6.45) is 0.497. The molecule has 0 saturated carbocycles. The molecule has 0 fully saturated rings. The minimum atomic E-state index is -0.666. The van der Waals surface area contributed by atoms with E-state index in [1.54, 1.807) is 6.07 Å². The van der Waals surface area contributed by atoms with Crippen LogP contribution in [0.2, 0.25) is 0 Å². The van der Waals surface area contributed by atoms with Gasteiger partial charge in [0.2, 0.25) is 5.91 Å². The number of rotatable bonds is 5. The first-order valence-electron chi connectivity index (χ1n) is 4.80. The topological polar surface area (TPSA) is 79.2 Å². The highest BCUT2D eigenvalue weighted by atomic mass is 16.5. The zero-order chi connectivity index (χ0) is 11.8. The average Bonchev–Trinajstić information content (AvgIpc) is 2.24. The maximum absolute atomic E-state index is 11.3. The van der Waals surface area contributed by atoms with Gasteiger partial charge in [0.05, 0.1) is 13.2 Å². The minimum Gasteiger partial charge on any atom is -0.467 e. The zero-order valence-electron chi connectivity index (χ0n) is 9.24. The molecule has 0 aromatic rings. The van der Waals surface area contributed by atoms with E-state index < -0.39 is 17.9 Å². The van der Waals surface area contributed by atoms with Crippen molar-refractivity contribution in [3.8, 4) is 6.07 Å². The smallest absolute Gasteiger partial charge is 0.328 e. The molecule has 0 aliphatic heterocycles. The molecular formula is C10H16N2O3. The van der Waals surface area contributed by atoms with E-state index in [9.17, 15) is 9.59 Å². The van der Waals surface area contributed by atoms with Crippen LogP contribution in [0.1, 0.15) is 26.7 Å². The average molecular weight is 212 g/mol. The Bertz CT molecular complexity index is 270. The highest BCUT2D eigenvalue weighted by Gasteiger charge is 2.26. The normalized spacial score (nSPS) is 13.5. The minimum absolute atomic E-state index is 0.0138. The molecule has 5 heteroatoms. The lowest BCUT2D eigenvalue weighted by atomic mass is 9.99. The molecule has 15 heavy (non-hydrogen) atoms. The van der Waals surface area contributed by atoms with Crippen LogP contribution in [-0.2, 0) is 14.3 Å². The van der Waals surface area contributed by atoms with Crippen molar-refractivity contribution >= 4 is 11.9 Å². The largest absolute Gasteiger partial charge is 0.467 e. The van der Waals surface area contributed by atoms with Crippen LogP contribution in [0.25, 0.3) is 0 Å². The van der Waals surface area contributed by atoms with Crippen LogP contribution >= 0.6 is 0 Å². The quantitative estimate of drug-likeness (QED) is 0.677. The third-order valence-electron chi connectivity index (χ3n) is 2.22. The highest BCUT2D eigenvalue weighted by Crippen LogP contribution is 2.09. The van der Waals surface area contributed by atoms with Crippen molar-refractivity contribution in [1.82, 2.24) is 5.32 Å². The molecule has 0 aromatic heterocycles. The van der Waals surface area contributed by atoms with E-state index in [0.717, 1.165) is 6.42 Å². The molecule has 1 N–H and O–H groups in total. The van der Waals surface area contributed by atoms with Gasteiger partial charge in [-0.05, 0) is 5.92 Å². The number of ether oxygens (including phenoxy) is 1. The molecule has 0 heterocycles. The van der Waals surface area contributed by atoms with Crippen LogP contribution in [0.3, 0.4) is 0 Å². The second-order valence-corrected chi connectivity index (χ2v) is 3.29. The second-order valence-electron chi connectivity index (χ2n) is 3.29. The Morgan fingerprint density at radius 2 is 2.13 bits per heavy atom. The number of methoxy groups -OCH3 is 1. The number of nitrogens with one attached hydrogen (secondary N) is 1. The van der Waals surface area contributed by atoms with Gasteiger partial charge in [-0.2, -0.15) is 5.26 Å². The molecule has 0 spiro atoms. The molecule has 84 valence electrons. The maximum Gasteiger partial charge on any atom is 0.328 e. The lowest BCUT2D eigenvalue weighted by Gasteiger charge is -2.21. The fourth-order valence-electron chi connectivity index (χ4n) is 1.09. The molecule has 2 atom stereocenters. The number of carbonyl (C=O) groups is 2. The molecule has 0 aromatic carbocycles. The van der Waals surface area contributed by atoms with Crippen molar-refractivity contribution in [2.45, 2.75) is 32.7 Å². The van der Waals surface area contributed by atoms with Crippen LogP contribution in [0, 0.1) is 17.2 Å². The summed E-state index contributed by atoms with van der Waals surface area (Å²) < 4.78 is 4.58. The Kier molecular flexibility index (Phi) is 6.11. The molecule has 1 amide bonds. The molecular weight excluding hydrogens is 196 g/mol. The SMILES string of the molecule is CCC(C)C(NC(=O)CC#N)C(=O)OC. The van der Waals surface area contributed by atoms with Crippen LogP contribution in [0.5, 0.6) is 0 Å². The van der Waals surface area contributed by atoms with Gasteiger partial charge in [0.1, 0.15) is 12.5 Å². The third kappa shape index (κ3) is 4.45. The Morgan fingerprint density at radius 3 is 2.53 bits per heavy atom. The van der Waals surface area contributed by atoms with Crippen molar-refractivity contribution in [2.24, 2.45) is 5.92 Å². The number of hydrogen-bond acceptors (Lipinski definition) is 4. The Morgan fingerprint density at radius 1 is 1.53 bits per heavy atom. The van der Waals surface area contributed by atoms with Gasteiger partial charge in [-0.25, -0.2) is 4.79 Å². The molecule has 0 aliphatic carbocycles. The van der Waals surface area contributed by atoms with Crippen LogP contribution in [0.4, 0.5) is 0 Å². The predicted molar refractivity (Wildman–Crippen MR) is 53.6 cm³/mol. The zero-order valence-corrected chi connectivity index (χ0v) is 9.24. The molecule has 0 saturated heterocycles. The van der Waals surface area contributed by atoms with E-state index in [4.69, 9.17) is 5.26 Å². The summed E-state index contributed by atoms with van der Waals surface area (Å²) in [5.74, 6) is -0.941. The van der Waals surface area contributed by atoms with Gasteiger partial charge < -0.3 is 10.1 Å². The molecule has 0 rings (SSSR count). The van der Waals surface area contributed by atoms with Crippen LogP contribution in [-0.4, -0.2) is 25.0 Å². The van der Waals surface area contributed by atoms with Crippen molar-refractivity contribution in [2.75, 3.05) is 7.11 Å². The number of esters is 1. The molecule has 5 nitrogen and oxygen atoms in total. The summed E-state index contributed by atoms with van der Waals surface area (Å²) in [7, 11) is 1.27. The van der Waals surface area contributed by atoms with E-state index in [-0.39, 0.29) is 12.3 Å². The van der Waals surface area contributed by atoms with Gasteiger partial charge in [0.25, 0.3) is 0 Å². The van der Waals surface area contributed by atoms with E-state index in [1.165, 1.54) is 7.11 Å². The number of nitriles is 1. The first-order valence-corrected chi connectivity index (χ1v) is 4.80. The highest BCUT2D eigenvalue weighted by molar-refractivity contribution is 5.85. The number of carbonyl (C=O) groups excluding carboxylic acids is 2. The van der Waals surface area contributed by atoms with Gasteiger partial charge >= 0.3 is 5.97 Å². The number of nitrogens with zero attached hydrogens (tertiary/aromatic N) is 1. The Labute approximate surface area is 89.4 Å². The summed E-state index contributed by atoms with van der Waals surface area (Å²) in [6.45, 7) is 3.76. The van der Waals surface area contributed by atoms with Crippen molar-refractivity contribution in [3.63, 3.8) is 0 Å². The lowest BCUT2D eigenvalue weighted by molar-refractivity contribution is -0.146. The monoisotopic (exact) mass is 212 g/mol. The molecule has 0 aliphatic rings. The predicted octanol–water partition coefficient (Wildman–Crippen LogP) is 0.604. The van der Waals surface area contributed by atoms with Gasteiger partial charge in [-0.1, -0.05) is 20.3 Å². The lowest BCUT2D eigenvalue weighted by Crippen LogP contribution is -2.45. The van der Waals surface area contributed by atoms with Crippen molar-refractivity contribution < 1.29 is 14.3 Å². The number of hydrogen-bond donors (Lipinski definition) is 1. The first-order chi connectivity index (χ1) is 7.06. The Hall–Kier alpha value is -1.57. The fraction of sp³-hybridized carbons (Fsp3) is 0.700. The van der Waals surface area contributed by atoms with E-state index in [0.29, 0.717) is 0 Å². The molecule has 0 radical (unpaired) electrons. The summed E-state index contributed by atoms with van der Waals surface area (Å²) in [5, 5.41) is 10.8. The van der Waals surface area contributed by atoms with Gasteiger partial charge in [0, 0.05) is 0 Å². The molecule has 2 unspecified atom stereocenters. The second kappa shape index (κ2) is 6.82. The van der Waals surface area contributed by atoms with E-state index in [2.05, 4.69) is 10.1 Å². The van der Waals surface area contributed by atoms with E-state index >= 15 is 0 Å². The fourth-order valence-corrected chi connectivity index (χ4v) is 1.09. The van der Waals surface area contributed by atoms with Crippen molar-refractivity contribution in [3.05, 3.63) is 0 Å². The van der Waals surface area contributed by atoms with E-state index in [1.807, 2.05) is 13.8 Å². The van der Waals surface area contributed by atoms with Gasteiger partial charge in [-0.15, -0.1) is 0 Å². The van der Waals surface area contributed by atoms with Gasteiger partial charge in [0.15, 0.2) is 0 Å². The summed E-state index contributed by atoms with van der Waals surface area (Å²) >= 11 is 0. The standard InChI is InChI=1S/C10H16N2O3/c1-4-7(2)9(10(14)15-3)12-8(13)5-6-11/h7,9H,4-5H2,1-3H3,(H,12,13). The summed E-state index contributed by atoms with van der Waals surface area (Å²) in [5.41, 5.74) is 0. The Balaban J connectivity index is 4.45. The first kappa shape index (κ1) is 13.4. The van der Waals surface area contributed by atoms with Crippen LogP contribution < -0.4 is 5.32 Å². The van der Waals surface area contributed by atoms with Crippen molar-refractivity contribution in [1.29, 1.82) is 5.26 Å². The molecule has 0 bridgehead atoms. The summed E-state index contributed by atoms with van der Waals surface area (Å²) in [4.78, 5) is 22.5. The summed E-state index contributed by atoms with van der Waals surface area (Å²) in [6, 6.07) is 1.06. The van der Waals surface area contributed by atoms with Crippen LogP contribution in [0.15, 0.2) is 0 Å². The third-order valence-corrected chi connectivity index (χ3v) is 2.22. The maximum atomic E-state index is 11.3. The van der Waals surface area contributed by atoms with Gasteiger partial charge in [-0.3, -0.25) is 4.79 Å². The number of amides is 1.